The molecule has 3 aromatic heterocycles. The minimum absolute atomic E-state index is 0.119. The van der Waals surface area contributed by atoms with Crippen molar-refractivity contribution in [1.82, 2.24) is 34.4 Å². The van der Waals surface area contributed by atoms with Gasteiger partial charge in [0.25, 0.3) is 0 Å². The summed E-state index contributed by atoms with van der Waals surface area (Å²) in [7, 11) is 0. The zero-order valence-electron chi connectivity index (χ0n) is 17.3. The van der Waals surface area contributed by atoms with Crippen molar-refractivity contribution in [2.24, 2.45) is 0 Å². The SMILES string of the molecule is CCC(Nc1ncnc2c1nc(-c1cnc(C)nc1)n2CC)C(=O)N1CC[C@@H](F)C1. The highest BCUT2D eigenvalue weighted by molar-refractivity contribution is 5.90. The van der Waals surface area contributed by atoms with E-state index < -0.39 is 12.2 Å². The van der Waals surface area contributed by atoms with Crippen LogP contribution in [0.3, 0.4) is 0 Å². The standard InChI is InChI=1S/C20H25FN8O/c1-4-15(20(30)28-7-6-14(21)10-28)26-17-16-19(25-11-24-17)29(5-2)18(27-16)13-8-22-12(3)23-9-13/h8-9,11,14-15H,4-7,10H2,1-3H3,(H,24,25,26)/t14-,15?/m1/s1. The van der Waals surface area contributed by atoms with Crippen molar-refractivity contribution in [3.05, 3.63) is 24.5 Å². The summed E-state index contributed by atoms with van der Waals surface area (Å²) in [5.41, 5.74) is 2.02. The van der Waals surface area contributed by atoms with Crippen LogP contribution in [0.1, 0.15) is 32.5 Å². The smallest absolute Gasteiger partial charge is 0.245 e. The third-order valence-corrected chi connectivity index (χ3v) is 5.35. The van der Waals surface area contributed by atoms with Crippen molar-refractivity contribution in [2.75, 3.05) is 18.4 Å². The maximum atomic E-state index is 13.6. The number of amides is 1. The number of rotatable bonds is 6. The number of carbonyl (C=O) groups is 1. The monoisotopic (exact) mass is 412 g/mol. The van der Waals surface area contributed by atoms with Gasteiger partial charge in [-0.3, -0.25) is 4.79 Å². The number of hydrogen-bond acceptors (Lipinski definition) is 7. The second kappa shape index (κ2) is 8.29. The van der Waals surface area contributed by atoms with Crippen molar-refractivity contribution < 1.29 is 9.18 Å². The first kappa shape index (κ1) is 20.1. The van der Waals surface area contributed by atoms with Crippen molar-refractivity contribution in [2.45, 2.75) is 52.4 Å². The summed E-state index contributed by atoms with van der Waals surface area (Å²) in [4.78, 5) is 36.4. The summed E-state index contributed by atoms with van der Waals surface area (Å²) in [6.45, 7) is 6.99. The van der Waals surface area contributed by atoms with Gasteiger partial charge in [-0.25, -0.2) is 29.3 Å². The van der Waals surface area contributed by atoms with Crippen LogP contribution in [0.2, 0.25) is 0 Å². The first-order valence-corrected chi connectivity index (χ1v) is 10.2. The number of fused-ring (bicyclic) bond motifs is 1. The lowest BCUT2D eigenvalue weighted by molar-refractivity contribution is -0.131. The van der Waals surface area contributed by atoms with Crippen LogP contribution in [0, 0.1) is 6.92 Å². The van der Waals surface area contributed by atoms with Crippen LogP contribution in [-0.4, -0.2) is 65.6 Å². The normalized spacial score (nSPS) is 17.5. The van der Waals surface area contributed by atoms with Crippen LogP contribution in [0.25, 0.3) is 22.6 Å². The van der Waals surface area contributed by atoms with Crippen molar-refractivity contribution in [3.63, 3.8) is 0 Å². The molecule has 2 atom stereocenters. The number of aryl methyl sites for hydroxylation is 2. The molecule has 0 radical (unpaired) electrons. The minimum Gasteiger partial charge on any atom is -0.356 e. The third kappa shape index (κ3) is 3.69. The lowest BCUT2D eigenvalue weighted by Crippen LogP contribution is -2.41. The van der Waals surface area contributed by atoms with Crippen LogP contribution in [0.4, 0.5) is 10.2 Å². The van der Waals surface area contributed by atoms with Gasteiger partial charge in [-0.15, -0.1) is 0 Å². The molecule has 3 aromatic rings. The second-order valence-electron chi connectivity index (χ2n) is 7.37. The van der Waals surface area contributed by atoms with E-state index >= 15 is 0 Å². The molecule has 1 aliphatic rings. The Morgan fingerprint density at radius 2 is 2.03 bits per heavy atom. The molecule has 10 heteroatoms. The number of hydrogen-bond donors (Lipinski definition) is 1. The molecule has 1 fully saturated rings. The van der Waals surface area contributed by atoms with Gasteiger partial charge in [-0.05, 0) is 26.7 Å². The van der Waals surface area contributed by atoms with Crippen LogP contribution in [-0.2, 0) is 11.3 Å². The molecule has 0 saturated carbocycles. The zero-order chi connectivity index (χ0) is 21.3. The molecule has 9 nitrogen and oxygen atoms in total. The molecule has 1 N–H and O–H groups in total. The van der Waals surface area contributed by atoms with Crippen molar-refractivity contribution in [3.8, 4) is 11.4 Å². The van der Waals surface area contributed by atoms with Gasteiger partial charge in [-0.2, -0.15) is 0 Å². The van der Waals surface area contributed by atoms with Crippen LogP contribution < -0.4 is 5.32 Å². The molecule has 0 bridgehead atoms. The first-order valence-electron chi connectivity index (χ1n) is 10.2. The van der Waals surface area contributed by atoms with E-state index in [-0.39, 0.29) is 12.5 Å². The molecule has 1 saturated heterocycles. The summed E-state index contributed by atoms with van der Waals surface area (Å²) in [6, 6.07) is -0.508. The first-order chi connectivity index (χ1) is 14.5. The number of aromatic nitrogens is 6. The number of nitrogens with zero attached hydrogens (tertiary/aromatic N) is 7. The Bertz CT molecular complexity index is 1050. The van der Waals surface area contributed by atoms with E-state index in [4.69, 9.17) is 4.98 Å². The molecule has 4 heterocycles. The molecular formula is C20H25FN8O. The highest BCUT2D eigenvalue weighted by Gasteiger charge is 2.31. The number of carbonyl (C=O) groups excluding carboxylic acids is 1. The fourth-order valence-electron chi connectivity index (χ4n) is 3.71. The van der Waals surface area contributed by atoms with Crippen molar-refractivity contribution in [1.29, 1.82) is 0 Å². The minimum atomic E-state index is -0.947. The molecular weight excluding hydrogens is 387 g/mol. The lowest BCUT2D eigenvalue weighted by Gasteiger charge is -2.23. The second-order valence-corrected chi connectivity index (χ2v) is 7.37. The molecule has 30 heavy (non-hydrogen) atoms. The largest absolute Gasteiger partial charge is 0.356 e. The van der Waals surface area contributed by atoms with E-state index in [1.165, 1.54) is 6.33 Å². The predicted molar refractivity (Wildman–Crippen MR) is 111 cm³/mol. The van der Waals surface area contributed by atoms with E-state index in [0.717, 1.165) is 5.56 Å². The number of nitrogens with one attached hydrogen (secondary N) is 1. The van der Waals surface area contributed by atoms with Gasteiger partial charge < -0.3 is 14.8 Å². The predicted octanol–water partition coefficient (Wildman–Crippen LogP) is 2.37. The summed E-state index contributed by atoms with van der Waals surface area (Å²) in [5.74, 6) is 1.74. The van der Waals surface area contributed by atoms with Gasteiger partial charge in [0.1, 0.15) is 30.2 Å². The fourth-order valence-corrected chi connectivity index (χ4v) is 3.71. The average Bonchev–Trinajstić information content (AvgIpc) is 3.35. The van der Waals surface area contributed by atoms with Crippen LogP contribution in [0.15, 0.2) is 18.7 Å². The maximum absolute atomic E-state index is 13.6. The van der Waals surface area contributed by atoms with E-state index in [2.05, 4.69) is 25.3 Å². The summed E-state index contributed by atoms with van der Waals surface area (Å²) in [5, 5.41) is 3.22. The molecule has 1 amide bonds. The van der Waals surface area contributed by atoms with E-state index in [0.29, 0.717) is 54.6 Å². The number of imidazole rings is 1. The van der Waals surface area contributed by atoms with Gasteiger partial charge in [0.15, 0.2) is 17.0 Å². The number of alkyl halides is 1. The van der Waals surface area contributed by atoms with Gasteiger partial charge in [0, 0.05) is 25.5 Å². The Balaban J connectivity index is 1.69. The van der Waals surface area contributed by atoms with E-state index in [1.807, 2.05) is 25.3 Å². The fraction of sp³-hybridized carbons (Fsp3) is 0.500. The number of likely N-dealkylation sites (tertiary alicyclic amines) is 1. The Kier molecular flexibility index (Phi) is 5.56. The Morgan fingerprint density at radius 3 is 2.67 bits per heavy atom. The van der Waals surface area contributed by atoms with Crippen LogP contribution in [0.5, 0.6) is 0 Å². The van der Waals surface area contributed by atoms with Gasteiger partial charge in [0.05, 0.1) is 12.1 Å². The summed E-state index contributed by atoms with van der Waals surface area (Å²) in [6.07, 6.45) is 4.91. The molecule has 0 aliphatic carbocycles. The Morgan fingerprint density at radius 1 is 1.27 bits per heavy atom. The quantitative estimate of drug-likeness (QED) is 0.663. The van der Waals surface area contributed by atoms with Gasteiger partial charge in [-0.1, -0.05) is 6.92 Å². The third-order valence-electron chi connectivity index (χ3n) is 5.35. The highest BCUT2D eigenvalue weighted by Crippen LogP contribution is 2.27. The molecule has 4 rings (SSSR count). The number of halogens is 1. The zero-order valence-corrected chi connectivity index (χ0v) is 17.3. The molecule has 158 valence electrons. The molecule has 1 unspecified atom stereocenters. The van der Waals surface area contributed by atoms with Crippen molar-refractivity contribution >= 4 is 22.9 Å². The molecule has 0 spiro atoms. The van der Waals surface area contributed by atoms with Crippen LogP contribution >= 0.6 is 0 Å². The summed E-state index contributed by atoms with van der Waals surface area (Å²) < 4.78 is 15.5. The van der Waals surface area contributed by atoms with E-state index in [1.54, 1.807) is 17.3 Å². The summed E-state index contributed by atoms with van der Waals surface area (Å²) >= 11 is 0. The average molecular weight is 412 g/mol. The lowest BCUT2D eigenvalue weighted by atomic mass is 10.2. The maximum Gasteiger partial charge on any atom is 0.245 e. The van der Waals surface area contributed by atoms with E-state index in [9.17, 15) is 9.18 Å². The topological polar surface area (TPSA) is 102 Å². The molecule has 1 aliphatic heterocycles. The Labute approximate surface area is 173 Å². The highest BCUT2D eigenvalue weighted by atomic mass is 19.1. The Hall–Kier alpha value is -3.17. The van der Waals surface area contributed by atoms with Gasteiger partial charge in [0.2, 0.25) is 5.91 Å². The number of anilines is 1. The van der Waals surface area contributed by atoms with Gasteiger partial charge >= 0.3 is 0 Å². The molecule has 0 aromatic carbocycles.